The molecule has 2 amide bonds. The number of hydrogen-bond acceptors (Lipinski definition) is 6. The Balaban J connectivity index is 1.61. The van der Waals surface area contributed by atoms with Crippen molar-refractivity contribution in [3.8, 4) is 0 Å². The summed E-state index contributed by atoms with van der Waals surface area (Å²) in [6, 6.07) is 7.85. The maximum atomic E-state index is 11.7. The summed E-state index contributed by atoms with van der Waals surface area (Å²) in [4.78, 5) is 31.0. The second-order valence-electron chi connectivity index (χ2n) is 3.88. The number of nitrogens with zero attached hydrogens (tertiary/aromatic N) is 2. The lowest BCUT2D eigenvalue weighted by atomic mass is 10.3. The molecule has 2 heterocycles. The van der Waals surface area contributed by atoms with Gasteiger partial charge in [-0.1, -0.05) is 35.7 Å². The van der Waals surface area contributed by atoms with Crippen LogP contribution in [0.5, 0.6) is 0 Å². The summed E-state index contributed by atoms with van der Waals surface area (Å²) in [5, 5.41) is 2.93. The fourth-order valence-electron chi connectivity index (χ4n) is 1.57. The van der Waals surface area contributed by atoms with E-state index >= 15 is 0 Å². The third-order valence-electron chi connectivity index (χ3n) is 2.41. The van der Waals surface area contributed by atoms with E-state index in [9.17, 15) is 9.59 Å². The van der Waals surface area contributed by atoms with Crippen molar-refractivity contribution in [2.75, 3.05) is 11.5 Å². The summed E-state index contributed by atoms with van der Waals surface area (Å²) in [7, 11) is 0. The van der Waals surface area contributed by atoms with E-state index in [1.807, 2.05) is 24.3 Å². The number of para-hydroxylation sites is 1. The van der Waals surface area contributed by atoms with Gasteiger partial charge in [-0.05, 0) is 12.1 Å². The maximum absolute atomic E-state index is 11.7. The summed E-state index contributed by atoms with van der Waals surface area (Å²) >= 11 is 4.18. The minimum absolute atomic E-state index is 0.111. The second-order valence-corrected chi connectivity index (χ2v) is 7.10. The zero-order chi connectivity index (χ0) is 13.9. The van der Waals surface area contributed by atoms with Crippen molar-refractivity contribution in [2.24, 2.45) is 4.99 Å². The molecule has 0 aliphatic carbocycles. The molecule has 1 saturated heterocycles. The van der Waals surface area contributed by atoms with Crippen LogP contribution in [0.15, 0.2) is 33.6 Å². The van der Waals surface area contributed by atoms with Gasteiger partial charge in [0.05, 0.1) is 21.7 Å². The number of benzene rings is 1. The van der Waals surface area contributed by atoms with Crippen LogP contribution in [-0.4, -0.2) is 33.5 Å². The summed E-state index contributed by atoms with van der Waals surface area (Å²) in [5.41, 5.74) is 0.942. The summed E-state index contributed by atoms with van der Waals surface area (Å²) in [6.07, 6.45) is 0. The van der Waals surface area contributed by atoms with Crippen molar-refractivity contribution in [2.45, 2.75) is 4.34 Å². The van der Waals surface area contributed by atoms with Gasteiger partial charge in [0, 0.05) is 0 Å². The Kier molecular flexibility index (Phi) is 4.04. The van der Waals surface area contributed by atoms with Crippen LogP contribution in [0.3, 0.4) is 0 Å². The molecule has 2 aromatic rings. The molecule has 0 atom stereocenters. The number of aliphatic imine (C=N–C) groups is 1. The summed E-state index contributed by atoms with van der Waals surface area (Å²) < 4.78 is 1.95. The molecule has 5 nitrogen and oxygen atoms in total. The molecule has 102 valence electrons. The van der Waals surface area contributed by atoms with E-state index < -0.39 is 0 Å². The Bertz CT molecular complexity index is 678. The zero-order valence-electron chi connectivity index (χ0n) is 10.2. The van der Waals surface area contributed by atoms with Crippen molar-refractivity contribution in [1.82, 2.24) is 10.3 Å². The highest BCUT2D eigenvalue weighted by Crippen LogP contribution is 2.29. The van der Waals surface area contributed by atoms with Crippen molar-refractivity contribution in [1.29, 1.82) is 0 Å². The Labute approximate surface area is 127 Å². The molecular weight excluding hydrogens is 314 g/mol. The fraction of sp³-hybridized carbons (Fsp3) is 0.167. The van der Waals surface area contributed by atoms with Crippen LogP contribution in [0.1, 0.15) is 0 Å². The molecule has 0 saturated carbocycles. The number of amidine groups is 1. The number of carbonyl (C=O) groups excluding carboxylic acids is 2. The van der Waals surface area contributed by atoms with E-state index in [-0.39, 0.29) is 17.6 Å². The molecule has 0 unspecified atom stereocenters. The first kappa shape index (κ1) is 13.6. The molecule has 8 heteroatoms. The van der Waals surface area contributed by atoms with Gasteiger partial charge in [0.15, 0.2) is 9.51 Å². The first-order chi connectivity index (χ1) is 9.70. The molecule has 0 bridgehead atoms. The number of fused-ring (bicyclic) bond motifs is 1. The van der Waals surface area contributed by atoms with E-state index in [2.05, 4.69) is 15.3 Å². The van der Waals surface area contributed by atoms with Crippen molar-refractivity contribution >= 4 is 62.1 Å². The molecular formula is C12H9N3O2S3. The van der Waals surface area contributed by atoms with Gasteiger partial charge >= 0.3 is 0 Å². The first-order valence-electron chi connectivity index (χ1n) is 5.73. The topological polar surface area (TPSA) is 71.4 Å². The van der Waals surface area contributed by atoms with Crippen LogP contribution in [0.2, 0.25) is 0 Å². The Morgan fingerprint density at radius 2 is 2.30 bits per heavy atom. The monoisotopic (exact) mass is 323 g/mol. The van der Waals surface area contributed by atoms with Crippen LogP contribution in [0.4, 0.5) is 0 Å². The molecule has 20 heavy (non-hydrogen) atoms. The Morgan fingerprint density at radius 3 is 3.05 bits per heavy atom. The average molecular weight is 323 g/mol. The number of amides is 2. The number of thioether (sulfide) groups is 2. The van der Waals surface area contributed by atoms with Gasteiger partial charge in [-0.15, -0.1) is 11.3 Å². The van der Waals surface area contributed by atoms with Gasteiger partial charge in [-0.2, -0.15) is 4.99 Å². The molecule has 0 radical (unpaired) electrons. The van der Waals surface area contributed by atoms with E-state index in [1.54, 1.807) is 11.3 Å². The van der Waals surface area contributed by atoms with Crippen LogP contribution < -0.4 is 5.32 Å². The molecule has 1 aromatic heterocycles. The molecule has 1 fully saturated rings. The SMILES string of the molecule is O=C(CSc1nc2ccccc2s1)N=C1NC(=O)CS1. The van der Waals surface area contributed by atoms with Crippen LogP contribution >= 0.6 is 34.9 Å². The van der Waals surface area contributed by atoms with Gasteiger partial charge in [-0.3, -0.25) is 9.59 Å². The highest BCUT2D eigenvalue weighted by Gasteiger charge is 2.17. The standard InChI is InChI=1S/C12H9N3O2S3/c16-9-5-18-11(14-9)15-10(17)6-19-12-13-7-3-1-2-4-8(7)20-12/h1-4H,5-6H2,(H,14,15,16,17). The van der Waals surface area contributed by atoms with Crippen molar-refractivity contribution in [3.63, 3.8) is 0 Å². The minimum atomic E-state index is -0.265. The number of thiazole rings is 1. The second kappa shape index (κ2) is 5.94. The molecule has 0 spiro atoms. The molecule has 1 aliphatic rings. The number of hydrogen-bond donors (Lipinski definition) is 1. The van der Waals surface area contributed by atoms with E-state index in [0.717, 1.165) is 14.6 Å². The first-order valence-corrected chi connectivity index (χ1v) is 8.52. The number of aromatic nitrogens is 1. The quantitative estimate of drug-likeness (QED) is 0.876. The van der Waals surface area contributed by atoms with Crippen LogP contribution in [0.25, 0.3) is 10.2 Å². The lowest BCUT2D eigenvalue weighted by Gasteiger charge is -1.95. The van der Waals surface area contributed by atoms with E-state index in [1.165, 1.54) is 23.5 Å². The van der Waals surface area contributed by atoms with Gasteiger partial charge in [0.1, 0.15) is 0 Å². The molecule has 1 aliphatic heterocycles. The Morgan fingerprint density at radius 1 is 1.45 bits per heavy atom. The number of rotatable bonds is 3. The normalized spacial score (nSPS) is 16.8. The summed E-state index contributed by atoms with van der Waals surface area (Å²) in [6.45, 7) is 0. The van der Waals surface area contributed by atoms with Crippen molar-refractivity contribution < 1.29 is 9.59 Å². The predicted molar refractivity (Wildman–Crippen MR) is 83.4 cm³/mol. The zero-order valence-corrected chi connectivity index (χ0v) is 12.6. The average Bonchev–Trinajstić information content (AvgIpc) is 3.02. The molecule has 1 aromatic carbocycles. The van der Waals surface area contributed by atoms with E-state index in [4.69, 9.17) is 0 Å². The lowest BCUT2D eigenvalue weighted by molar-refractivity contribution is -0.116. The van der Waals surface area contributed by atoms with Gasteiger partial charge in [-0.25, -0.2) is 4.98 Å². The summed E-state index contributed by atoms with van der Waals surface area (Å²) in [5.74, 6) is 0.177. The number of carbonyl (C=O) groups is 2. The molecule has 1 N–H and O–H groups in total. The smallest absolute Gasteiger partial charge is 0.258 e. The lowest BCUT2D eigenvalue weighted by Crippen LogP contribution is -2.21. The third kappa shape index (κ3) is 3.20. The fourth-order valence-corrected chi connectivity index (χ4v) is 4.11. The maximum Gasteiger partial charge on any atom is 0.258 e. The van der Waals surface area contributed by atoms with Crippen LogP contribution in [-0.2, 0) is 9.59 Å². The van der Waals surface area contributed by atoms with Crippen LogP contribution in [0, 0.1) is 0 Å². The van der Waals surface area contributed by atoms with Gasteiger partial charge in [0.2, 0.25) is 5.91 Å². The van der Waals surface area contributed by atoms with Gasteiger partial charge in [0.25, 0.3) is 5.91 Å². The molecule has 3 rings (SSSR count). The van der Waals surface area contributed by atoms with Crippen molar-refractivity contribution in [3.05, 3.63) is 24.3 Å². The third-order valence-corrected chi connectivity index (χ3v) is 5.44. The highest BCUT2D eigenvalue weighted by molar-refractivity contribution is 8.15. The largest absolute Gasteiger partial charge is 0.304 e. The van der Waals surface area contributed by atoms with Gasteiger partial charge < -0.3 is 5.32 Å². The highest BCUT2D eigenvalue weighted by atomic mass is 32.2. The minimum Gasteiger partial charge on any atom is -0.304 e. The number of nitrogens with one attached hydrogen (secondary N) is 1. The Hall–Kier alpha value is -1.38. The predicted octanol–water partition coefficient (Wildman–Crippen LogP) is 2.13. The van der Waals surface area contributed by atoms with E-state index in [0.29, 0.717) is 10.9 Å².